The predicted octanol–water partition coefficient (Wildman–Crippen LogP) is 27.6. The lowest BCUT2D eigenvalue weighted by atomic mass is 9.33. The van der Waals surface area contributed by atoms with Gasteiger partial charge in [-0.25, -0.2) is 0 Å². The van der Waals surface area contributed by atoms with E-state index in [1.807, 2.05) is 0 Å². The largest absolute Gasteiger partial charge is 0.310 e. The first-order chi connectivity index (χ1) is 52.9. The fraction of sp³-hybridized carbons (Fsp3) is 0.113. The van der Waals surface area contributed by atoms with Gasteiger partial charge in [-0.3, -0.25) is 0 Å². The first-order valence-electron chi connectivity index (χ1n) is 38.6. The van der Waals surface area contributed by atoms with Gasteiger partial charge in [0.25, 0.3) is 6.71 Å². The molecule has 2 aliphatic rings. The molecule has 0 spiro atoms. The van der Waals surface area contributed by atoms with Crippen molar-refractivity contribution in [3.8, 4) is 100 Å². The van der Waals surface area contributed by atoms with Crippen molar-refractivity contribution in [2.24, 2.45) is 0 Å². The van der Waals surface area contributed by atoms with Gasteiger partial charge in [0, 0.05) is 45.0 Å². The van der Waals surface area contributed by atoms with Crippen LogP contribution < -0.4 is 26.2 Å². The van der Waals surface area contributed by atoms with Gasteiger partial charge in [-0.2, -0.15) is 0 Å². The molecule has 2 heterocycles. The van der Waals surface area contributed by atoms with Gasteiger partial charge in [0.1, 0.15) is 0 Å². The Morgan fingerprint density at radius 2 is 0.560 bits per heavy atom. The van der Waals surface area contributed by atoms with Crippen LogP contribution in [0, 0.1) is 0 Å². The molecule has 0 radical (unpaired) electrons. The average Bonchev–Trinajstić information content (AvgIpc) is 0.684. The number of nitrogens with zero attached hydrogens (tertiary/aromatic N) is 2. The summed E-state index contributed by atoms with van der Waals surface area (Å²) in [5, 5.41) is 7.74. The molecule has 109 heavy (non-hydrogen) atoms. The maximum Gasteiger partial charge on any atom is 0.252 e. The second kappa shape index (κ2) is 26.1. The van der Waals surface area contributed by atoms with Crippen molar-refractivity contribution < 1.29 is 0 Å². The number of hydrogen-bond acceptors (Lipinski definition) is 2. The summed E-state index contributed by atoms with van der Waals surface area (Å²) in [6.07, 6.45) is 0. The van der Waals surface area contributed by atoms with Crippen LogP contribution >= 0.6 is 0 Å². The molecule has 3 heteroatoms. The highest BCUT2D eigenvalue weighted by molar-refractivity contribution is 7.00. The minimum Gasteiger partial charge on any atom is -0.310 e. The lowest BCUT2D eigenvalue weighted by Gasteiger charge is -2.46. The second-order valence-corrected chi connectivity index (χ2v) is 33.2. The molecule has 2 nitrogen and oxygen atoms in total. The van der Waals surface area contributed by atoms with Crippen LogP contribution in [0.3, 0.4) is 0 Å². The lowest BCUT2D eigenvalue weighted by molar-refractivity contribution is 0.590. The topological polar surface area (TPSA) is 6.48 Å². The standard InChI is InChI=1S/C106H85BN2/c1-104(2,3)84-51-47-71(48-52-84)82-65-97-101-98(66-82)109(103-90(74-41-27-15-28-42-74)60-81(70-35-21-12-22-36-70)61-91(103)75-43-29-16-30-44-75)96-64-76(68-31-17-10-18-32-68)49-53-93(96)107(101)94-63-77(87-62-83-57-85(105(4,5)6)55-78-45-46-79-56-86(106(7,8)9)67-92(87)100(79)99(78)83)50-54-95(94)108(97)102-88(72-37-23-13-24-38-72)58-80(69-33-19-11-20-34-69)59-89(102)73-39-25-14-26-40-73/h10-67H,1-9H3. The van der Waals surface area contributed by atoms with E-state index in [-0.39, 0.29) is 23.0 Å². The number of fused-ring (bicyclic) bond motifs is 4. The van der Waals surface area contributed by atoms with E-state index < -0.39 is 0 Å². The van der Waals surface area contributed by atoms with Crippen LogP contribution in [-0.4, -0.2) is 6.71 Å². The van der Waals surface area contributed by atoms with Crippen LogP contribution in [0.25, 0.3) is 132 Å². The average molecular weight is 1400 g/mol. The monoisotopic (exact) mass is 1400 g/mol. The van der Waals surface area contributed by atoms with Crippen molar-refractivity contribution in [1.82, 2.24) is 0 Å². The Morgan fingerprint density at radius 1 is 0.211 bits per heavy atom. The molecule has 17 aromatic carbocycles. The summed E-state index contributed by atoms with van der Waals surface area (Å²) >= 11 is 0. The van der Waals surface area contributed by atoms with Crippen molar-refractivity contribution in [2.75, 3.05) is 9.80 Å². The van der Waals surface area contributed by atoms with Crippen LogP contribution in [0.2, 0.25) is 0 Å². The molecule has 522 valence electrons. The Labute approximate surface area is 642 Å². The lowest BCUT2D eigenvalue weighted by Crippen LogP contribution is -2.61. The van der Waals surface area contributed by atoms with E-state index in [1.54, 1.807) is 0 Å². The van der Waals surface area contributed by atoms with Crippen LogP contribution in [0.15, 0.2) is 352 Å². The van der Waals surface area contributed by atoms with Crippen molar-refractivity contribution in [2.45, 2.75) is 78.6 Å². The molecule has 0 unspecified atom stereocenters. The van der Waals surface area contributed by atoms with Gasteiger partial charge in [0.2, 0.25) is 0 Å². The van der Waals surface area contributed by atoms with Crippen molar-refractivity contribution in [1.29, 1.82) is 0 Å². The van der Waals surface area contributed by atoms with Gasteiger partial charge < -0.3 is 9.80 Å². The van der Waals surface area contributed by atoms with E-state index in [1.165, 1.54) is 76.5 Å². The van der Waals surface area contributed by atoms with Crippen molar-refractivity contribution in [3.63, 3.8) is 0 Å². The van der Waals surface area contributed by atoms with Crippen LogP contribution in [0.4, 0.5) is 34.1 Å². The summed E-state index contributed by atoms with van der Waals surface area (Å²) < 4.78 is 0. The van der Waals surface area contributed by atoms with Gasteiger partial charge in [-0.15, -0.1) is 0 Å². The Hall–Kier alpha value is -12.6. The van der Waals surface area contributed by atoms with Gasteiger partial charge in [0.05, 0.1) is 11.4 Å². The second-order valence-electron chi connectivity index (χ2n) is 33.2. The molecule has 0 fully saturated rings. The molecule has 17 aromatic rings. The molecule has 2 aliphatic heterocycles. The zero-order chi connectivity index (χ0) is 74.0. The summed E-state index contributed by atoms with van der Waals surface area (Å²) in [6, 6.07) is 134. The first kappa shape index (κ1) is 67.1. The molecule has 0 bridgehead atoms. The summed E-state index contributed by atoms with van der Waals surface area (Å²) in [7, 11) is 0. The maximum absolute atomic E-state index is 2.72. The fourth-order valence-corrected chi connectivity index (χ4v) is 17.5. The van der Waals surface area contributed by atoms with E-state index in [9.17, 15) is 0 Å². The van der Waals surface area contributed by atoms with Crippen molar-refractivity contribution >= 4 is 89.5 Å². The molecule has 0 amide bonds. The van der Waals surface area contributed by atoms with Gasteiger partial charge in [-0.1, -0.05) is 353 Å². The number of benzene rings is 17. The summed E-state index contributed by atoms with van der Waals surface area (Å²) in [5.74, 6) is 0. The third-order valence-corrected chi connectivity index (χ3v) is 23.2. The molecule has 0 saturated carbocycles. The highest BCUT2D eigenvalue weighted by Gasteiger charge is 2.46. The highest BCUT2D eigenvalue weighted by Crippen LogP contribution is 2.56. The third-order valence-electron chi connectivity index (χ3n) is 23.2. The number of hydrogen-bond donors (Lipinski definition) is 0. The van der Waals surface area contributed by atoms with E-state index in [0.717, 1.165) is 123 Å². The smallest absolute Gasteiger partial charge is 0.252 e. The molecular weight excluding hydrogens is 1310 g/mol. The number of rotatable bonds is 11. The molecule has 0 N–H and O–H groups in total. The van der Waals surface area contributed by atoms with E-state index in [4.69, 9.17) is 0 Å². The minimum absolute atomic E-state index is 0.0632. The van der Waals surface area contributed by atoms with E-state index >= 15 is 0 Å². The summed E-state index contributed by atoms with van der Waals surface area (Å²) in [5.41, 5.74) is 34.7. The molecule has 0 saturated heterocycles. The molecule has 19 rings (SSSR count). The Kier molecular flexibility index (Phi) is 16.1. The zero-order valence-electron chi connectivity index (χ0n) is 63.5. The zero-order valence-corrected chi connectivity index (χ0v) is 63.5. The van der Waals surface area contributed by atoms with Gasteiger partial charge in [0.15, 0.2) is 0 Å². The van der Waals surface area contributed by atoms with Crippen LogP contribution in [0.5, 0.6) is 0 Å². The third kappa shape index (κ3) is 11.7. The van der Waals surface area contributed by atoms with Crippen LogP contribution in [0.1, 0.15) is 79.0 Å². The quantitative estimate of drug-likeness (QED) is 0.0941. The Balaban J connectivity index is 1.01. The van der Waals surface area contributed by atoms with E-state index in [0.29, 0.717) is 0 Å². The number of anilines is 6. The molecule has 0 aromatic heterocycles. The molecular formula is C106H85BN2. The SMILES string of the molecule is CC(C)(C)c1ccc(-c2cc3c4c(c2)N(c2c(-c5ccccc5)cc(-c5ccccc5)cc2-c2ccccc2)c2cc(-c5ccccc5)ccc2B4c2cc(-c4cc5cc(C(C)(C)C)cc6ccc7cc(C(C)(C)C)cc4c7c65)ccc2N3c2c(-c3ccccc3)cc(-c3ccccc3)cc2-c2ccccc2)cc1. The normalized spacial score (nSPS) is 12.8. The Morgan fingerprint density at radius 3 is 1.00 bits per heavy atom. The minimum atomic E-state index is -0.286. The van der Waals surface area contributed by atoms with Gasteiger partial charge >= 0.3 is 0 Å². The van der Waals surface area contributed by atoms with Crippen molar-refractivity contribution in [3.05, 3.63) is 369 Å². The predicted molar refractivity (Wildman–Crippen MR) is 469 cm³/mol. The van der Waals surface area contributed by atoms with Gasteiger partial charge in [-0.05, 0) is 220 Å². The van der Waals surface area contributed by atoms with E-state index in [2.05, 4.69) is 424 Å². The fourth-order valence-electron chi connectivity index (χ4n) is 17.5. The summed E-state index contributed by atoms with van der Waals surface area (Å²) in [4.78, 5) is 5.44. The molecule has 0 aliphatic carbocycles. The summed E-state index contributed by atoms with van der Waals surface area (Å²) in [6.45, 7) is 20.8. The highest BCUT2D eigenvalue weighted by atomic mass is 15.2. The molecule has 0 atom stereocenters. The maximum atomic E-state index is 2.72. The first-order valence-corrected chi connectivity index (χ1v) is 38.6. The van der Waals surface area contributed by atoms with Crippen LogP contribution in [-0.2, 0) is 16.2 Å². The Bertz CT molecular complexity index is 6230.